The van der Waals surface area contributed by atoms with Gasteiger partial charge in [0, 0.05) is 0 Å². The monoisotopic (exact) mass is 163 g/mol. The predicted molar refractivity (Wildman–Crippen MR) is 36.5 cm³/mol. The molecule has 0 aliphatic carbocycles. The van der Waals surface area contributed by atoms with Crippen molar-refractivity contribution >= 4 is 0 Å². The number of aliphatic hydroxyl groups is 3. The molecular formula is C6H13NO4. The van der Waals surface area contributed by atoms with Crippen molar-refractivity contribution in [1.82, 2.24) is 0 Å². The first-order valence-electron chi connectivity index (χ1n) is 3.49. The van der Waals surface area contributed by atoms with Crippen molar-refractivity contribution < 1.29 is 20.1 Å². The molecule has 0 aromatic carbocycles. The molecule has 1 fully saturated rings. The molecule has 11 heavy (non-hydrogen) atoms. The third-order valence-corrected chi connectivity index (χ3v) is 1.89. The minimum Gasteiger partial charge on any atom is -0.388 e. The van der Waals surface area contributed by atoms with Gasteiger partial charge in [-0.2, -0.15) is 0 Å². The predicted octanol–water partition coefficient (Wildman–Crippen LogP) is -2.23. The molecule has 0 bridgehead atoms. The maximum atomic E-state index is 9.14. The molecule has 0 radical (unpaired) electrons. The molecule has 1 saturated heterocycles. The van der Waals surface area contributed by atoms with Gasteiger partial charge >= 0.3 is 0 Å². The lowest BCUT2D eigenvalue weighted by Crippen LogP contribution is -2.59. The van der Waals surface area contributed by atoms with Crippen LogP contribution in [0.25, 0.3) is 0 Å². The van der Waals surface area contributed by atoms with E-state index >= 15 is 0 Å². The van der Waals surface area contributed by atoms with E-state index < -0.39 is 30.6 Å². The van der Waals surface area contributed by atoms with Gasteiger partial charge in [-0.05, 0) is 6.92 Å². The van der Waals surface area contributed by atoms with Crippen LogP contribution in [-0.4, -0.2) is 46.0 Å². The summed E-state index contributed by atoms with van der Waals surface area (Å²) < 4.78 is 4.90. The second-order valence-electron chi connectivity index (χ2n) is 2.78. The van der Waals surface area contributed by atoms with Crippen molar-refractivity contribution in [3.63, 3.8) is 0 Å². The molecule has 0 saturated carbocycles. The maximum Gasteiger partial charge on any atom is 0.135 e. The average molecular weight is 163 g/mol. The molecule has 66 valence electrons. The van der Waals surface area contributed by atoms with E-state index in [0.717, 1.165) is 0 Å². The highest BCUT2D eigenvalue weighted by molar-refractivity contribution is 4.87. The lowest BCUT2D eigenvalue weighted by atomic mass is 9.99. The van der Waals surface area contributed by atoms with E-state index in [1.165, 1.54) is 0 Å². The molecule has 1 heterocycles. The quantitative estimate of drug-likeness (QED) is 0.324. The Hall–Kier alpha value is -0.200. The zero-order valence-electron chi connectivity index (χ0n) is 6.21. The first-order valence-corrected chi connectivity index (χ1v) is 3.49. The molecule has 5 nitrogen and oxygen atoms in total. The maximum absolute atomic E-state index is 9.14. The van der Waals surface area contributed by atoms with Crippen LogP contribution in [0.2, 0.25) is 0 Å². The van der Waals surface area contributed by atoms with Crippen molar-refractivity contribution in [2.45, 2.75) is 37.6 Å². The molecule has 0 spiro atoms. The van der Waals surface area contributed by atoms with Crippen LogP contribution >= 0.6 is 0 Å². The van der Waals surface area contributed by atoms with Gasteiger partial charge in [-0.15, -0.1) is 0 Å². The molecule has 1 aliphatic rings. The lowest BCUT2D eigenvalue weighted by Gasteiger charge is -2.37. The van der Waals surface area contributed by atoms with E-state index in [1.807, 2.05) is 0 Å². The fourth-order valence-electron chi connectivity index (χ4n) is 1.08. The SMILES string of the molecule is C[C@H]1OC(N)[C@H](O)[C@@H](O)[C@H]1O. The lowest BCUT2D eigenvalue weighted by molar-refractivity contribution is -0.215. The van der Waals surface area contributed by atoms with E-state index in [1.54, 1.807) is 6.92 Å². The smallest absolute Gasteiger partial charge is 0.135 e. The van der Waals surface area contributed by atoms with Crippen LogP contribution in [0.5, 0.6) is 0 Å². The van der Waals surface area contributed by atoms with E-state index in [0.29, 0.717) is 0 Å². The van der Waals surface area contributed by atoms with Crippen molar-refractivity contribution in [3.05, 3.63) is 0 Å². The van der Waals surface area contributed by atoms with Gasteiger partial charge in [0.15, 0.2) is 0 Å². The molecule has 5 atom stereocenters. The first-order chi connectivity index (χ1) is 5.04. The minimum absolute atomic E-state index is 0.539. The number of hydrogen-bond donors (Lipinski definition) is 4. The Morgan fingerprint density at radius 1 is 1.09 bits per heavy atom. The Labute approximate surface area is 64.4 Å². The van der Waals surface area contributed by atoms with E-state index in [9.17, 15) is 0 Å². The highest BCUT2D eigenvalue weighted by Gasteiger charge is 2.39. The Morgan fingerprint density at radius 3 is 2.18 bits per heavy atom. The Kier molecular flexibility index (Phi) is 2.46. The molecule has 0 aromatic rings. The standard InChI is InChI=1S/C6H13NO4/c1-2-3(8)4(9)5(10)6(7)11-2/h2-6,8-10H,7H2,1H3/t2-,3+,4+,5-,6?/m1/s1. The second kappa shape index (κ2) is 3.04. The van der Waals surface area contributed by atoms with Crippen molar-refractivity contribution in [3.8, 4) is 0 Å². The van der Waals surface area contributed by atoms with Crippen LogP contribution < -0.4 is 5.73 Å². The average Bonchev–Trinajstić information content (AvgIpc) is 1.97. The van der Waals surface area contributed by atoms with Gasteiger partial charge in [0.2, 0.25) is 0 Å². The molecule has 1 unspecified atom stereocenters. The molecule has 1 aliphatic heterocycles. The Bertz CT molecular complexity index is 129. The summed E-state index contributed by atoms with van der Waals surface area (Å²) in [5.74, 6) is 0. The fourth-order valence-corrected chi connectivity index (χ4v) is 1.08. The Morgan fingerprint density at radius 2 is 1.64 bits per heavy atom. The molecule has 5 heteroatoms. The molecule has 1 rings (SSSR count). The van der Waals surface area contributed by atoms with Gasteiger partial charge in [-0.1, -0.05) is 0 Å². The summed E-state index contributed by atoms with van der Waals surface area (Å²) in [6.07, 6.45) is -4.94. The second-order valence-corrected chi connectivity index (χ2v) is 2.78. The van der Waals surface area contributed by atoms with E-state index in [-0.39, 0.29) is 0 Å². The summed E-state index contributed by atoms with van der Waals surface area (Å²) in [7, 11) is 0. The number of aliphatic hydroxyl groups excluding tert-OH is 3. The highest BCUT2D eigenvalue weighted by Crippen LogP contribution is 2.17. The number of nitrogens with two attached hydrogens (primary N) is 1. The van der Waals surface area contributed by atoms with Gasteiger partial charge in [0.05, 0.1) is 6.10 Å². The van der Waals surface area contributed by atoms with Gasteiger partial charge < -0.3 is 25.8 Å². The van der Waals surface area contributed by atoms with Crippen LogP contribution in [0.1, 0.15) is 6.92 Å². The minimum atomic E-state index is -1.21. The summed E-state index contributed by atoms with van der Waals surface area (Å²) in [5.41, 5.74) is 5.28. The van der Waals surface area contributed by atoms with Crippen molar-refractivity contribution in [1.29, 1.82) is 0 Å². The van der Waals surface area contributed by atoms with Crippen molar-refractivity contribution in [2.24, 2.45) is 5.73 Å². The van der Waals surface area contributed by atoms with Crippen molar-refractivity contribution in [2.75, 3.05) is 0 Å². The summed E-state index contributed by atoms with van der Waals surface area (Å²) in [6, 6.07) is 0. The summed E-state index contributed by atoms with van der Waals surface area (Å²) in [6.45, 7) is 1.58. The summed E-state index contributed by atoms with van der Waals surface area (Å²) >= 11 is 0. The molecule has 0 amide bonds. The van der Waals surface area contributed by atoms with E-state index in [4.69, 9.17) is 25.8 Å². The highest BCUT2D eigenvalue weighted by atomic mass is 16.5. The van der Waals surface area contributed by atoms with Crippen LogP contribution in [-0.2, 0) is 4.74 Å². The number of hydrogen-bond acceptors (Lipinski definition) is 5. The molecule has 0 aromatic heterocycles. The van der Waals surface area contributed by atoms with Gasteiger partial charge in [0.1, 0.15) is 24.5 Å². The zero-order chi connectivity index (χ0) is 8.59. The first kappa shape index (κ1) is 8.89. The largest absolute Gasteiger partial charge is 0.388 e. The third kappa shape index (κ3) is 1.52. The van der Waals surface area contributed by atoms with Crippen LogP contribution in [0, 0.1) is 0 Å². The molecule has 5 N–H and O–H groups in total. The normalized spacial score (nSPS) is 52.6. The molecular weight excluding hydrogens is 150 g/mol. The van der Waals surface area contributed by atoms with Crippen LogP contribution in [0.15, 0.2) is 0 Å². The topological polar surface area (TPSA) is 95.9 Å². The zero-order valence-corrected chi connectivity index (χ0v) is 6.21. The van der Waals surface area contributed by atoms with Crippen LogP contribution in [0.4, 0.5) is 0 Å². The van der Waals surface area contributed by atoms with Gasteiger partial charge in [-0.3, -0.25) is 0 Å². The summed E-state index contributed by atoms with van der Waals surface area (Å²) in [4.78, 5) is 0. The summed E-state index contributed by atoms with van der Waals surface area (Å²) in [5, 5.41) is 27.3. The fraction of sp³-hybridized carbons (Fsp3) is 1.00. The number of rotatable bonds is 0. The third-order valence-electron chi connectivity index (χ3n) is 1.89. The van der Waals surface area contributed by atoms with Gasteiger partial charge in [0.25, 0.3) is 0 Å². The van der Waals surface area contributed by atoms with E-state index in [2.05, 4.69) is 0 Å². The number of ether oxygens (including phenoxy) is 1. The van der Waals surface area contributed by atoms with Gasteiger partial charge in [-0.25, -0.2) is 0 Å². The van der Waals surface area contributed by atoms with Crippen LogP contribution in [0.3, 0.4) is 0 Å². The Balaban J connectivity index is 2.63.